The quantitative estimate of drug-likeness (QED) is 0.831. The van der Waals surface area contributed by atoms with Crippen LogP contribution >= 0.6 is 0 Å². The van der Waals surface area contributed by atoms with Crippen molar-refractivity contribution in [1.29, 1.82) is 0 Å². The summed E-state index contributed by atoms with van der Waals surface area (Å²) in [5.74, 6) is -0.265. The van der Waals surface area contributed by atoms with Gasteiger partial charge in [-0.2, -0.15) is 0 Å². The Morgan fingerprint density at radius 1 is 1.11 bits per heavy atom. The minimum Gasteiger partial charge on any atom is -0.388 e. The van der Waals surface area contributed by atoms with Crippen LogP contribution in [0.25, 0.3) is 17.2 Å². The molecule has 0 bridgehead atoms. The smallest absolute Gasteiger partial charge is 0.188 e. The van der Waals surface area contributed by atoms with Crippen molar-refractivity contribution < 1.29 is 9.90 Å². The average molecular weight is 238 g/mol. The van der Waals surface area contributed by atoms with Gasteiger partial charge in [0, 0.05) is 5.56 Å². The summed E-state index contributed by atoms with van der Waals surface area (Å²) in [6, 6.07) is 15.2. The van der Waals surface area contributed by atoms with Crippen molar-refractivity contribution in [3.8, 4) is 11.1 Å². The number of carbonyl (C=O) groups excluding carboxylic acids is 1. The lowest BCUT2D eigenvalue weighted by atomic mass is 9.98. The van der Waals surface area contributed by atoms with E-state index in [1.54, 1.807) is 12.1 Å². The van der Waals surface area contributed by atoms with E-state index in [1.165, 1.54) is 0 Å². The van der Waals surface area contributed by atoms with Crippen LogP contribution in [0.4, 0.5) is 0 Å². The molecule has 0 unspecified atom stereocenters. The third-order valence-electron chi connectivity index (χ3n) is 2.84. The Balaban J connectivity index is 2.40. The van der Waals surface area contributed by atoms with Crippen LogP contribution in [0.15, 0.2) is 55.1 Å². The number of Topliss-reactive ketones (excluding diaryl/α,β-unsaturated/α-hetero) is 1. The molecule has 0 aliphatic carbocycles. The molecule has 90 valence electrons. The first kappa shape index (κ1) is 12.3. The van der Waals surface area contributed by atoms with E-state index in [9.17, 15) is 4.79 Å². The van der Waals surface area contributed by atoms with Crippen LogP contribution in [-0.4, -0.2) is 17.5 Å². The molecule has 0 amide bonds. The van der Waals surface area contributed by atoms with Crippen LogP contribution in [0.2, 0.25) is 0 Å². The summed E-state index contributed by atoms with van der Waals surface area (Å²) in [5.41, 5.74) is 3.69. The third-order valence-corrected chi connectivity index (χ3v) is 2.84. The van der Waals surface area contributed by atoms with Gasteiger partial charge in [0.05, 0.1) is 0 Å². The molecule has 0 heterocycles. The SMILES string of the molecule is C=Cc1ccccc1-c1ccc(C(=O)CO)cc1. The maximum atomic E-state index is 11.3. The minimum atomic E-state index is -0.456. The standard InChI is InChI=1S/C16H14O2/c1-2-12-5-3-4-6-15(12)13-7-9-14(10-8-13)16(18)11-17/h2-10,17H,1,11H2. The van der Waals surface area contributed by atoms with Crippen LogP contribution in [-0.2, 0) is 0 Å². The maximum Gasteiger partial charge on any atom is 0.188 e. The zero-order valence-corrected chi connectivity index (χ0v) is 9.97. The number of hydrogen-bond acceptors (Lipinski definition) is 2. The first-order valence-corrected chi connectivity index (χ1v) is 5.72. The molecule has 0 aromatic heterocycles. The van der Waals surface area contributed by atoms with Crippen molar-refractivity contribution in [3.05, 3.63) is 66.2 Å². The van der Waals surface area contributed by atoms with Gasteiger partial charge < -0.3 is 5.11 Å². The van der Waals surface area contributed by atoms with Gasteiger partial charge in [0.1, 0.15) is 6.61 Å². The number of aliphatic hydroxyl groups excluding tert-OH is 1. The maximum absolute atomic E-state index is 11.3. The number of hydrogen-bond donors (Lipinski definition) is 1. The highest BCUT2D eigenvalue weighted by molar-refractivity contribution is 5.97. The van der Waals surface area contributed by atoms with Gasteiger partial charge in [0.25, 0.3) is 0 Å². The molecule has 2 rings (SSSR count). The van der Waals surface area contributed by atoms with E-state index in [4.69, 9.17) is 5.11 Å². The zero-order chi connectivity index (χ0) is 13.0. The molecule has 0 saturated heterocycles. The van der Waals surface area contributed by atoms with E-state index in [2.05, 4.69) is 6.58 Å². The summed E-state index contributed by atoms with van der Waals surface area (Å²) >= 11 is 0. The highest BCUT2D eigenvalue weighted by Gasteiger charge is 2.05. The fraction of sp³-hybridized carbons (Fsp3) is 0.0625. The minimum absolute atomic E-state index is 0.265. The Morgan fingerprint density at radius 3 is 2.39 bits per heavy atom. The van der Waals surface area contributed by atoms with Crippen molar-refractivity contribution in [3.63, 3.8) is 0 Å². The Kier molecular flexibility index (Phi) is 3.70. The van der Waals surface area contributed by atoms with E-state index in [0.29, 0.717) is 5.56 Å². The molecule has 2 heteroatoms. The molecular weight excluding hydrogens is 224 g/mol. The summed E-state index contributed by atoms with van der Waals surface area (Å²) in [7, 11) is 0. The number of benzene rings is 2. The van der Waals surface area contributed by atoms with E-state index >= 15 is 0 Å². The molecule has 0 fully saturated rings. The van der Waals surface area contributed by atoms with Crippen LogP contribution in [0.5, 0.6) is 0 Å². The second kappa shape index (κ2) is 5.43. The molecule has 18 heavy (non-hydrogen) atoms. The molecule has 0 saturated carbocycles. The Bertz CT molecular complexity index is 568. The third kappa shape index (κ3) is 2.39. The topological polar surface area (TPSA) is 37.3 Å². The van der Waals surface area contributed by atoms with Crippen LogP contribution in [0.3, 0.4) is 0 Å². The second-order valence-electron chi connectivity index (χ2n) is 3.95. The second-order valence-corrected chi connectivity index (χ2v) is 3.95. The Hall–Kier alpha value is -2.19. The van der Waals surface area contributed by atoms with Crippen LogP contribution in [0.1, 0.15) is 15.9 Å². The molecule has 2 aromatic rings. The lowest BCUT2D eigenvalue weighted by molar-refractivity contribution is 0.0904. The monoisotopic (exact) mass is 238 g/mol. The highest BCUT2D eigenvalue weighted by atomic mass is 16.3. The first-order chi connectivity index (χ1) is 8.76. The molecule has 2 nitrogen and oxygen atoms in total. The molecule has 1 N–H and O–H groups in total. The van der Waals surface area contributed by atoms with Gasteiger partial charge >= 0.3 is 0 Å². The Labute approximate surface area is 106 Å². The van der Waals surface area contributed by atoms with Crippen LogP contribution < -0.4 is 0 Å². The highest BCUT2D eigenvalue weighted by Crippen LogP contribution is 2.24. The largest absolute Gasteiger partial charge is 0.388 e. The van der Waals surface area contributed by atoms with Gasteiger partial charge in [0.15, 0.2) is 5.78 Å². The molecule has 0 aliphatic rings. The fourth-order valence-electron chi connectivity index (χ4n) is 1.86. The van der Waals surface area contributed by atoms with Gasteiger partial charge in [-0.25, -0.2) is 0 Å². The summed E-state index contributed by atoms with van der Waals surface area (Å²) in [6.07, 6.45) is 1.81. The summed E-state index contributed by atoms with van der Waals surface area (Å²) in [5, 5.41) is 8.79. The van der Waals surface area contributed by atoms with E-state index in [-0.39, 0.29) is 5.78 Å². The number of carbonyl (C=O) groups is 1. The number of ketones is 1. The lowest BCUT2D eigenvalue weighted by Crippen LogP contribution is -2.03. The van der Waals surface area contributed by atoms with E-state index in [1.807, 2.05) is 42.5 Å². The normalized spacial score (nSPS) is 10.1. The molecule has 2 aromatic carbocycles. The molecule has 0 radical (unpaired) electrons. The summed E-state index contributed by atoms with van der Waals surface area (Å²) in [4.78, 5) is 11.3. The predicted octanol–water partition coefficient (Wildman–Crippen LogP) is 3.17. The van der Waals surface area contributed by atoms with Crippen LogP contribution in [0, 0.1) is 0 Å². The van der Waals surface area contributed by atoms with Crippen molar-refractivity contribution in [2.24, 2.45) is 0 Å². The van der Waals surface area contributed by atoms with Gasteiger partial charge in [-0.3, -0.25) is 4.79 Å². The van der Waals surface area contributed by atoms with Crippen molar-refractivity contribution in [2.75, 3.05) is 6.61 Å². The molecular formula is C16H14O2. The van der Waals surface area contributed by atoms with Gasteiger partial charge in [-0.1, -0.05) is 61.2 Å². The van der Waals surface area contributed by atoms with Gasteiger partial charge in [-0.15, -0.1) is 0 Å². The summed E-state index contributed by atoms with van der Waals surface area (Å²) in [6.45, 7) is 3.33. The molecule has 0 aliphatic heterocycles. The van der Waals surface area contributed by atoms with Gasteiger partial charge in [0.2, 0.25) is 0 Å². The average Bonchev–Trinajstić information content (AvgIpc) is 2.46. The number of rotatable bonds is 4. The lowest BCUT2D eigenvalue weighted by Gasteiger charge is -2.06. The fourth-order valence-corrected chi connectivity index (χ4v) is 1.86. The van der Waals surface area contributed by atoms with Crippen molar-refractivity contribution in [1.82, 2.24) is 0 Å². The molecule has 0 atom stereocenters. The van der Waals surface area contributed by atoms with E-state index in [0.717, 1.165) is 16.7 Å². The summed E-state index contributed by atoms with van der Waals surface area (Å²) < 4.78 is 0. The van der Waals surface area contributed by atoms with Crippen molar-refractivity contribution >= 4 is 11.9 Å². The Morgan fingerprint density at radius 2 is 1.78 bits per heavy atom. The van der Waals surface area contributed by atoms with E-state index < -0.39 is 6.61 Å². The number of aliphatic hydroxyl groups is 1. The zero-order valence-electron chi connectivity index (χ0n) is 9.97. The van der Waals surface area contributed by atoms with Gasteiger partial charge in [-0.05, 0) is 16.7 Å². The predicted molar refractivity (Wildman–Crippen MR) is 73.4 cm³/mol. The molecule has 0 spiro atoms. The van der Waals surface area contributed by atoms with Crippen molar-refractivity contribution in [2.45, 2.75) is 0 Å². The first-order valence-electron chi connectivity index (χ1n) is 5.72.